The highest BCUT2D eigenvalue weighted by Crippen LogP contribution is 2.35. The zero-order valence-corrected chi connectivity index (χ0v) is 19.3. The molecule has 6 heteroatoms. The molecule has 1 unspecified atom stereocenters. The van der Waals surface area contributed by atoms with Crippen LogP contribution >= 0.6 is 0 Å². The number of nitrogens with zero attached hydrogens (tertiary/aromatic N) is 2. The summed E-state index contributed by atoms with van der Waals surface area (Å²) in [4.78, 5) is 17.9. The number of carbonyl (C=O) groups is 1. The number of hydrogen-bond donors (Lipinski definition) is 2. The van der Waals surface area contributed by atoms with Crippen LogP contribution in [0.4, 0.5) is 11.5 Å². The van der Waals surface area contributed by atoms with Crippen molar-refractivity contribution >= 4 is 17.5 Å². The minimum atomic E-state index is -0.760. The van der Waals surface area contributed by atoms with E-state index < -0.39 is 5.97 Å². The molecule has 0 amide bonds. The van der Waals surface area contributed by atoms with Gasteiger partial charge < -0.3 is 20.1 Å². The molecule has 2 aromatic carbocycles. The lowest BCUT2D eigenvalue weighted by molar-refractivity contribution is -0.137. The van der Waals surface area contributed by atoms with Crippen molar-refractivity contribution in [3.8, 4) is 5.75 Å². The second kappa shape index (κ2) is 10.4. The average molecular weight is 446 g/mol. The highest BCUT2D eigenvalue weighted by atomic mass is 16.5. The van der Waals surface area contributed by atoms with Crippen LogP contribution in [0.25, 0.3) is 0 Å². The van der Waals surface area contributed by atoms with Crippen molar-refractivity contribution in [3.05, 3.63) is 83.0 Å². The first kappa shape index (κ1) is 22.6. The van der Waals surface area contributed by atoms with E-state index in [0.29, 0.717) is 13.0 Å². The second-order valence-electron chi connectivity index (χ2n) is 8.73. The van der Waals surface area contributed by atoms with Crippen molar-refractivity contribution in [1.29, 1.82) is 0 Å². The number of ether oxygens (including phenoxy) is 1. The van der Waals surface area contributed by atoms with Crippen LogP contribution in [-0.2, 0) is 17.6 Å². The number of fused-ring (bicyclic) bond motifs is 2. The molecule has 0 aliphatic heterocycles. The first-order valence-corrected chi connectivity index (χ1v) is 11.4. The van der Waals surface area contributed by atoms with Crippen LogP contribution < -0.4 is 15.0 Å². The van der Waals surface area contributed by atoms with E-state index >= 15 is 0 Å². The third kappa shape index (κ3) is 5.83. The van der Waals surface area contributed by atoms with Gasteiger partial charge in [-0.15, -0.1) is 0 Å². The van der Waals surface area contributed by atoms with Crippen LogP contribution in [0.3, 0.4) is 0 Å². The van der Waals surface area contributed by atoms with Gasteiger partial charge in [-0.25, -0.2) is 4.98 Å². The lowest BCUT2D eigenvalue weighted by Gasteiger charge is -2.16. The number of pyridine rings is 1. The van der Waals surface area contributed by atoms with Crippen LogP contribution in [0.5, 0.6) is 5.75 Å². The number of rotatable bonds is 9. The molecule has 0 saturated heterocycles. The van der Waals surface area contributed by atoms with Gasteiger partial charge in [-0.3, -0.25) is 4.79 Å². The van der Waals surface area contributed by atoms with Crippen LogP contribution in [0, 0.1) is 0 Å². The van der Waals surface area contributed by atoms with Gasteiger partial charge in [0.2, 0.25) is 0 Å². The lowest BCUT2D eigenvalue weighted by Crippen LogP contribution is -2.11. The molecule has 1 aliphatic rings. The molecule has 1 aliphatic carbocycles. The van der Waals surface area contributed by atoms with Crippen LogP contribution in [0.1, 0.15) is 41.0 Å². The van der Waals surface area contributed by atoms with Gasteiger partial charge in [0, 0.05) is 38.6 Å². The van der Waals surface area contributed by atoms with E-state index in [9.17, 15) is 9.90 Å². The Morgan fingerprint density at radius 1 is 1.12 bits per heavy atom. The summed E-state index contributed by atoms with van der Waals surface area (Å²) in [5, 5.41) is 12.8. The van der Waals surface area contributed by atoms with Gasteiger partial charge in [-0.05, 0) is 65.6 Å². The summed E-state index contributed by atoms with van der Waals surface area (Å²) in [6, 6.07) is 18.4. The van der Waals surface area contributed by atoms with E-state index in [0.717, 1.165) is 42.2 Å². The first-order chi connectivity index (χ1) is 16.0. The number of nitrogens with one attached hydrogen (secondary N) is 1. The van der Waals surface area contributed by atoms with Crippen molar-refractivity contribution in [2.75, 3.05) is 37.5 Å². The minimum absolute atomic E-state index is 0.0233. The monoisotopic (exact) mass is 445 g/mol. The van der Waals surface area contributed by atoms with E-state index in [2.05, 4.69) is 34.6 Å². The maximum Gasteiger partial charge on any atom is 0.303 e. The molecular formula is C27H31N3O3. The standard InChI is InChI=1S/C27H31N3O3/c1-30(2)23-10-12-29-26(18-23)28-11-5-13-33-24-9-8-19-14-20-6-3-4-7-25(20)22(17-27(31)32)15-21(19)16-24/h3-4,6-10,12,16,18,22H,5,11,13-15,17H2,1-2H3,(H,28,29)(H,31,32). The number of carboxylic acids is 1. The Kier molecular flexibility index (Phi) is 7.13. The third-order valence-electron chi connectivity index (χ3n) is 6.10. The number of benzene rings is 2. The summed E-state index contributed by atoms with van der Waals surface area (Å²) in [6.07, 6.45) is 4.32. The summed E-state index contributed by atoms with van der Waals surface area (Å²) in [5.41, 5.74) is 5.90. The third-order valence-corrected chi connectivity index (χ3v) is 6.10. The Labute approximate surface area is 195 Å². The molecule has 0 bridgehead atoms. The van der Waals surface area contributed by atoms with E-state index in [1.165, 1.54) is 16.7 Å². The first-order valence-electron chi connectivity index (χ1n) is 11.4. The van der Waals surface area contributed by atoms with Crippen molar-refractivity contribution in [3.63, 3.8) is 0 Å². The molecule has 172 valence electrons. The van der Waals surface area contributed by atoms with Crippen molar-refractivity contribution < 1.29 is 14.6 Å². The Balaban J connectivity index is 1.35. The van der Waals surface area contributed by atoms with Gasteiger partial charge >= 0.3 is 5.97 Å². The fraction of sp³-hybridized carbons (Fsp3) is 0.333. The minimum Gasteiger partial charge on any atom is -0.494 e. The molecule has 0 fully saturated rings. The van der Waals surface area contributed by atoms with Crippen LogP contribution in [-0.4, -0.2) is 43.3 Å². The predicted molar refractivity (Wildman–Crippen MR) is 132 cm³/mol. The SMILES string of the molecule is CN(C)c1ccnc(NCCCOc2ccc3c(c2)CC(CC(=O)O)c2ccccc2C3)c1. The van der Waals surface area contributed by atoms with Crippen molar-refractivity contribution in [1.82, 2.24) is 4.98 Å². The van der Waals surface area contributed by atoms with Gasteiger partial charge in [-0.1, -0.05) is 30.3 Å². The van der Waals surface area contributed by atoms with Gasteiger partial charge in [-0.2, -0.15) is 0 Å². The topological polar surface area (TPSA) is 74.7 Å². The van der Waals surface area contributed by atoms with Gasteiger partial charge in [0.1, 0.15) is 11.6 Å². The fourth-order valence-electron chi connectivity index (χ4n) is 4.39. The summed E-state index contributed by atoms with van der Waals surface area (Å²) in [7, 11) is 4.02. The lowest BCUT2D eigenvalue weighted by atomic mass is 9.89. The van der Waals surface area contributed by atoms with Crippen molar-refractivity contribution in [2.45, 2.75) is 31.6 Å². The number of aromatic nitrogens is 1. The second-order valence-corrected chi connectivity index (χ2v) is 8.73. The molecule has 0 spiro atoms. The quantitative estimate of drug-likeness (QED) is 0.464. The number of aliphatic carboxylic acids is 1. The average Bonchev–Trinajstić information content (AvgIpc) is 2.95. The molecule has 1 heterocycles. The number of carboxylic acid groups (broad SMARTS) is 1. The molecule has 3 aromatic rings. The molecule has 0 radical (unpaired) electrons. The van der Waals surface area contributed by atoms with E-state index in [1.54, 1.807) is 6.20 Å². The summed E-state index contributed by atoms with van der Waals surface area (Å²) >= 11 is 0. The molecule has 1 atom stereocenters. The van der Waals surface area contributed by atoms with Gasteiger partial charge in [0.15, 0.2) is 0 Å². The number of anilines is 2. The van der Waals surface area contributed by atoms with Crippen LogP contribution in [0.2, 0.25) is 0 Å². The smallest absolute Gasteiger partial charge is 0.303 e. The predicted octanol–water partition coefficient (Wildman–Crippen LogP) is 4.73. The van der Waals surface area contributed by atoms with Gasteiger partial charge in [0.05, 0.1) is 13.0 Å². The fourth-order valence-corrected chi connectivity index (χ4v) is 4.39. The zero-order valence-electron chi connectivity index (χ0n) is 19.3. The summed E-state index contributed by atoms with van der Waals surface area (Å²) in [5.74, 6) is 0.908. The summed E-state index contributed by atoms with van der Waals surface area (Å²) < 4.78 is 6.02. The molecule has 33 heavy (non-hydrogen) atoms. The molecule has 4 rings (SSSR count). The van der Waals surface area contributed by atoms with Gasteiger partial charge in [0.25, 0.3) is 0 Å². The maximum absolute atomic E-state index is 11.5. The maximum atomic E-state index is 11.5. The molecule has 2 N–H and O–H groups in total. The highest BCUT2D eigenvalue weighted by molar-refractivity contribution is 5.68. The van der Waals surface area contributed by atoms with E-state index in [-0.39, 0.29) is 12.3 Å². The molecular weight excluding hydrogens is 414 g/mol. The number of hydrogen-bond acceptors (Lipinski definition) is 5. The normalized spacial score (nSPS) is 14.5. The summed E-state index contributed by atoms with van der Waals surface area (Å²) in [6.45, 7) is 1.36. The molecule has 0 saturated carbocycles. The van der Waals surface area contributed by atoms with E-state index in [1.807, 2.05) is 49.3 Å². The largest absolute Gasteiger partial charge is 0.494 e. The Morgan fingerprint density at radius 2 is 1.97 bits per heavy atom. The van der Waals surface area contributed by atoms with Crippen LogP contribution in [0.15, 0.2) is 60.8 Å². The Morgan fingerprint density at radius 3 is 2.79 bits per heavy atom. The molecule has 6 nitrogen and oxygen atoms in total. The zero-order chi connectivity index (χ0) is 23.2. The molecule has 1 aromatic heterocycles. The Hall–Kier alpha value is -3.54. The Bertz CT molecular complexity index is 1110. The highest BCUT2D eigenvalue weighted by Gasteiger charge is 2.24. The van der Waals surface area contributed by atoms with Crippen molar-refractivity contribution in [2.24, 2.45) is 0 Å². The van der Waals surface area contributed by atoms with E-state index in [4.69, 9.17) is 4.74 Å².